The van der Waals surface area contributed by atoms with Crippen molar-refractivity contribution < 1.29 is 13.3 Å². The summed E-state index contributed by atoms with van der Waals surface area (Å²) in [4.78, 5) is 9.52. The van der Waals surface area contributed by atoms with E-state index in [-0.39, 0.29) is 21.7 Å². The van der Waals surface area contributed by atoms with Gasteiger partial charge in [0.05, 0.1) is 27.5 Å². The molecule has 0 N–H and O–H groups in total. The van der Waals surface area contributed by atoms with Crippen LogP contribution in [0, 0.1) is 0 Å². The fourth-order valence-electron chi connectivity index (χ4n) is 19.8. The third-order valence-corrected chi connectivity index (χ3v) is 30.1. The molecule has 0 aliphatic heterocycles. The predicted octanol–water partition coefficient (Wildman–Crippen LogP) is 30.3. The van der Waals surface area contributed by atoms with Gasteiger partial charge >= 0.3 is 0 Å². The first-order chi connectivity index (χ1) is 57.3. The highest BCUT2D eigenvalue weighted by molar-refractivity contribution is 6.89. The van der Waals surface area contributed by atoms with Crippen molar-refractivity contribution in [1.82, 2.24) is 0 Å². The van der Waals surface area contributed by atoms with E-state index in [2.05, 4.69) is 448 Å². The number of hydrogen-bond acceptors (Lipinski definition) is 7. The fraction of sp³-hybridized carbons (Fsp3) is 0.164. The smallest absolute Gasteiger partial charge is 0.159 e. The van der Waals surface area contributed by atoms with Crippen LogP contribution in [0.2, 0.25) is 39.3 Å². The van der Waals surface area contributed by atoms with Crippen molar-refractivity contribution in [2.24, 2.45) is 0 Å². The molecule has 0 saturated heterocycles. The van der Waals surface area contributed by atoms with Gasteiger partial charge in [0.2, 0.25) is 0 Å². The van der Waals surface area contributed by atoms with Gasteiger partial charge in [0.25, 0.3) is 0 Å². The largest absolute Gasteiger partial charge is 0.455 e. The number of fused-ring (bicyclic) bond motifs is 17. The van der Waals surface area contributed by atoms with Crippen molar-refractivity contribution in [3.05, 3.63) is 384 Å². The molecule has 0 radical (unpaired) electrons. The highest BCUT2D eigenvalue weighted by Gasteiger charge is 2.52. The van der Waals surface area contributed by atoms with Crippen LogP contribution in [0.3, 0.4) is 0 Å². The Morgan fingerprint density at radius 2 is 0.513 bits per heavy atom. The standard InChI is InChI=1S/C55H48N2O2Si.C55H50N2OSi/c1-54(2)45-33-38(56(35-17-10-8-11-18-35)37-25-29-40(30-26-37)60(5,6)7)27-31-43(45)52-49(54)50-53(59-52)44-32-28-39(34-46(44)55(50,3)4)57(36-19-12-9-13-20-36)47-23-16-22-42-41-21-14-15-24-48(41)58-51(42)47;1-54(2)47-35-41(56(38-21-13-9-14-22-38)40-27-31-43(32-28-40)59(5,6)7)29-33-45(47)52-50(54)51-53(58-52)46-34-30-42(36-48(46)55(51,3)4)57(39-23-15-10-16-24-39)49-26-18-17-25-44(49)37-19-11-8-12-20-37/h8-34H,1-7H3;8-36H,1-7H3. The fourth-order valence-corrected chi connectivity index (χ4v) is 22.1. The van der Waals surface area contributed by atoms with Crippen LogP contribution in [0.4, 0.5) is 68.2 Å². The number of benzene rings is 14. The van der Waals surface area contributed by atoms with Crippen molar-refractivity contribution in [3.8, 4) is 56.4 Å². The van der Waals surface area contributed by atoms with Crippen molar-refractivity contribution in [2.45, 2.75) is 116 Å². The molecule has 4 aliphatic carbocycles. The topological polar surface area (TPSA) is 52.4 Å². The Hall–Kier alpha value is -12.9. The molecule has 21 rings (SSSR count). The summed E-state index contributed by atoms with van der Waals surface area (Å²) in [6.45, 7) is 33.5. The lowest BCUT2D eigenvalue weighted by Crippen LogP contribution is -2.37. The highest BCUT2D eigenvalue weighted by atomic mass is 28.3. The summed E-state index contributed by atoms with van der Waals surface area (Å²) >= 11 is 0. The lowest BCUT2D eigenvalue weighted by Gasteiger charge is -2.31. The summed E-state index contributed by atoms with van der Waals surface area (Å²) in [7, 11) is -2.89. The highest BCUT2D eigenvalue weighted by Crippen LogP contribution is 2.65. The van der Waals surface area contributed by atoms with Crippen LogP contribution in [-0.4, -0.2) is 16.1 Å². The second kappa shape index (κ2) is 27.9. The van der Waals surface area contributed by atoms with E-state index in [9.17, 15) is 0 Å². The molecule has 119 heavy (non-hydrogen) atoms. The zero-order valence-corrected chi connectivity index (χ0v) is 72.3. The van der Waals surface area contributed by atoms with Crippen LogP contribution in [0.5, 0.6) is 0 Å². The van der Waals surface area contributed by atoms with E-state index in [0.29, 0.717) is 0 Å². The lowest BCUT2D eigenvalue weighted by atomic mass is 9.74. The van der Waals surface area contributed by atoms with Crippen LogP contribution >= 0.6 is 0 Å². The van der Waals surface area contributed by atoms with Gasteiger partial charge in [0.15, 0.2) is 5.58 Å². The van der Waals surface area contributed by atoms with Crippen LogP contribution in [0.15, 0.2) is 353 Å². The minimum absolute atomic E-state index is 0.283. The molecule has 4 aliphatic rings. The Balaban J connectivity index is 0.000000152. The molecule has 584 valence electrons. The predicted molar refractivity (Wildman–Crippen MR) is 505 cm³/mol. The van der Waals surface area contributed by atoms with E-state index in [1.165, 1.54) is 82.7 Å². The Kier molecular flexibility index (Phi) is 17.5. The maximum Gasteiger partial charge on any atom is 0.159 e. The van der Waals surface area contributed by atoms with E-state index in [1.54, 1.807) is 0 Å². The molecular formula is C110H98N4O3Si2. The molecule has 0 saturated carbocycles. The summed E-state index contributed by atoms with van der Waals surface area (Å²) in [6, 6.07) is 123. The molecule has 0 fully saturated rings. The van der Waals surface area contributed by atoms with Crippen molar-refractivity contribution in [1.29, 1.82) is 0 Å². The number of anilines is 12. The molecule has 7 nitrogen and oxygen atoms in total. The van der Waals surface area contributed by atoms with Crippen molar-refractivity contribution in [3.63, 3.8) is 0 Å². The zero-order valence-electron chi connectivity index (χ0n) is 70.3. The summed E-state index contributed by atoms with van der Waals surface area (Å²) < 4.78 is 20.9. The van der Waals surface area contributed by atoms with Crippen molar-refractivity contribution >= 4 is 117 Å². The first-order valence-electron chi connectivity index (χ1n) is 42.0. The third-order valence-electron chi connectivity index (χ3n) is 25.9. The maximum absolute atomic E-state index is 7.13. The lowest BCUT2D eigenvalue weighted by molar-refractivity contribution is 0.592. The first-order valence-corrected chi connectivity index (χ1v) is 49.0. The normalized spacial score (nSPS) is 14.4. The molecule has 0 spiro atoms. The van der Waals surface area contributed by atoms with E-state index < -0.39 is 16.1 Å². The van der Waals surface area contributed by atoms with Gasteiger partial charge in [0.1, 0.15) is 28.6 Å². The zero-order chi connectivity index (χ0) is 81.8. The molecule has 0 bridgehead atoms. The van der Waals surface area contributed by atoms with Crippen LogP contribution < -0.4 is 30.0 Å². The molecule has 0 unspecified atom stereocenters. The second-order valence-electron chi connectivity index (χ2n) is 36.9. The van der Waals surface area contributed by atoms with Gasteiger partial charge in [-0.05, 0) is 192 Å². The quantitative estimate of drug-likeness (QED) is 0.0948. The van der Waals surface area contributed by atoms with Crippen LogP contribution in [0.25, 0.3) is 78.4 Å². The Bertz CT molecular complexity index is 6800. The van der Waals surface area contributed by atoms with E-state index in [0.717, 1.165) is 119 Å². The van der Waals surface area contributed by atoms with Gasteiger partial charge in [-0.15, -0.1) is 0 Å². The summed E-state index contributed by atoms with van der Waals surface area (Å²) in [6.07, 6.45) is 0. The Morgan fingerprint density at radius 3 is 0.891 bits per heavy atom. The van der Waals surface area contributed by atoms with E-state index >= 15 is 0 Å². The average Bonchev–Trinajstić information content (AvgIpc) is 1.52. The number of hydrogen-bond donors (Lipinski definition) is 0. The molecule has 3 heterocycles. The minimum atomic E-state index is -1.45. The Labute approximate surface area is 701 Å². The van der Waals surface area contributed by atoms with Gasteiger partial charge in [0, 0.05) is 139 Å². The van der Waals surface area contributed by atoms with E-state index in [1.807, 2.05) is 6.07 Å². The van der Waals surface area contributed by atoms with E-state index in [4.69, 9.17) is 13.3 Å². The average molecular weight is 1580 g/mol. The number of rotatable bonds is 15. The minimum Gasteiger partial charge on any atom is -0.455 e. The first kappa shape index (κ1) is 74.9. The van der Waals surface area contributed by atoms with Gasteiger partial charge < -0.3 is 32.9 Å². The Morgan fingerprint density at radius 1 is 0.227 bits per heavy atom. The summed E-state index contributed by atoms with van der Waals surface area (Å²) in [5.41, 5.74) is 31.4. The molecule has 0 amide bonds. The maximum atomic E-state index is 7.13. The summed E-state index contributed by atoms with van der Waals surface area (Å²) in [5.74, 6) is 4.02. The van der Waals surface area contributed by atoms with Crippen LogP contribution in [-0.2, 0) is 21.7 Å². The molecule has 17 aromatic rings. The molecule has 9 heteroatoms. The van der Waals surface area contributed by atoms with Crippen LogP contribution in [0.1, 0.15) is 99.9 Å². The SMILES string of the molecule is CC1(C)c2cc(N(c3ccccc3)c3ccc([Si](C)(C)C)cc3)ccc2-c2oc3c(c21)C(C)(C)c1cc(N(c2ccccc2)c2cccc4c2oc2ccccc24)ccc1-3.CC1(C)c2cc(N(c3ccccc3)c3ccc([Si](C)(C)C)cc3)ccc2-c2oc3c(c21)C(C)(C)c1cc(N(c2ccccc2)c2ccccc2-c2ccccc2)ccc1-3. The second-order valence-corrected chi connectivity index (χ2v) is 47.0. The molecule has 14 aromatic carbocycles. The number of furan rings is 3. The third kappa shape index (κ3) is 12.2. The van der Waals surface area contributed by atoms with Gasteiger partial charge in [-0.25, -0.2) is 0 Å². The number of para-hydroxylation sites is 7. The van der Waals surface area contributed by atoms with Crippen molar-refractivity contribution in [2.75, 3.05) is 19.6 Å². The molecule has 0 atom stereocenters. The van der Waals surface area contributed by atoms with Gasteiger partial charge in [-0.1, -0.05) is 281 Å². The molecule has 3 aromatic heterocycles. The summed E-state index contributed by atoms with van der Waals surface area (Å²) in [5, 5.41) is 5.15. The van der Waals surface area contributed by atoms with Gasteiger partial charge in [-0.3, -0.25) is 0 Å². The number of nitrogens with zero attached hydrogens (tertiary/aromatic N) is 4. The monoisotopic (exact) mass is 1580 g/mol. The van der Waals surface area contributed by atoms with Gasteiger partial charge in [-0.2, -0.15) is 0 Å². The molecular weight excluding hydrogens is 1480 g/mol.